The van der Waals surface area contributed by atoms with Gasteiger partial charge in [0.05, 0.1) is 32.8 Å². The number of carboxylic acids is 1. The van der Waals surface area contributed by atoms with Crippen LogP contribution < -0.4 is 5.32 Å². The van der Waals surface area contributed by atoms with E-state index in [0.29, 0.717) is 16.2 Å². The van der Waals surface area contributed by atoms with Gasteiger partial charge >= 0.3 is 5.97 Å². The third-order valence-corrected chi connectivity index (χ3v) is 5.18. The summed E-state index contributed by atoms with van der Waals surface area (Å²) in [5, 5.41) is 12.3. The predicted molar refractivity (Wildman–Crippen MR) is 81.7 cm³/mol. The van der Waals surface area contributed by atoms with E-state index in [1.54, 1.807) is 25.4 Å². The maximum Gasteiger partial charge on any atom is 0.307 e. The molecule has 1 aliphatic rings. The van der Waals surface area contributed by atoms with E-state index in [0.717, 1.165) is 4.70 Å². The summed E-state index contributed by atoms with van der Waals surface area (Å²) < 4.78 is 0.916. The first-order valence-corrected chi connectivity index (χ1v) is 7.65. The van der Waals surface area contributed by atoms with Gasteiger partial charge in [0.2, 0.25) is 5.91 Å². The topological polar surface area (TPSA) is 79.3 Å². The summed E-state index contributed by atoms with van der Waals surface area (Å²) in [4.78, 5) is 27.7. The molecule has 1 saturated carbocycles. The number of carbonyl (C=O) groups excluding carboxylic acids is 1. The minimum absolute atomic E-state index is 0.324. The number of anilines is 1. The van der Waals surface area contributed by atoms with Crippen LogP contribution in [0.5, 0.6) is 0 Å². The van der Waals surface area contributed by atoms with Crippen molar-refractivity contribution >= 4 is 50.7 Å². The second-order valence-electron chi connectivity index (χ2n) is 5.73. The van der Waals surface area contributed by atoms with Crippen molar-refractivity contribution < 1.29 is 14.7 Å². The van der Waals surface area contributed by atoms with E-state index in [1.807, 2.05) is 6.07 Å². The maximum absolute atomic E-state index is 12.4. The predicted octanol–water partition coefficient (Wildman–Crippen LogP) is 3.25. The molecule has 0 bridgehead atoms. The van der Waals surface area contributed by atoms with Crippen LogP contribution in [-0.2, 0) is 9.59 Å². The number of rotatable bonds is 3. The molecular formula is C14H13ClN2O3S. The van der Waals surface area contributed by atoms with E-state index < -0.39 is 23.2 Å². The molecule has 2 atom stereocenters. The van der Waals surface area contributed by atoms with Crippen LogP contribution in [-0.4, -0.2) is 22.0 Å². The Balaban J connectivity index is 1.90. The zero-order valence-corrected chi connectivity index (χ0v) is 13.0. The zero-order valence-electron chi connectivity index (χ0n) is 11.4. The van der Waals surface area contributed by atoms with Gasteiger partial charge in [0.1, 0.15) is 5.52 Å². The Hall–Kier alpha value is -1.66. The number of thiazole rings is 1. The van der Waals surface area contributed by atoms with Crippen LogP contribution >= 0.6 is 22.9 Å². The first kappa shape index (κ1) is 14.3. The van der Waals surface area contributed by atoms with Gasteiger partial charge in [-0.2, -0.15) is 0 Å². The van der Waals surface area contributed by atoms with Crippen molar-refractivity contribution in [1.29, 1.82) is 0 Å². The molecule has 0 unspecified atom stereocenters. The maximum atomic E-state index is 12.4. The van der Waals surface area contributed by atoms with Crippen molar-refractivity contribution in [2.24, 2.45) is 17.3 Å². The fourth-order valence-corrected chi connectivity index (χ4v) is 3.70. The molecule has 0 radical (unpaired) electrons. The molecule has 1 aliphatic carbocycles. The number of fused-ring (bicyclic) bond motifs is 1. The highest BCUT2D eigenvalue weighted by Gasteiger charge is 2.65. The molecule has 2 N–H and O–H groups in total. The van der Waals surface area contributed by atoms with Crippen molar-refractivity contribution in [1.82, 2.24) is 4.98 Å². The minimum Gasteiger partial charge on any atom is -0.481 e. The second-order valence-corrected chi connectivity index (χ2v) is 7.02. The van der Waals surface area contributed by atoms with Crippen molar-refractivity contribution in [2.75, 3.05) is 5.32 Å². The van der Waals surface area contributed by atoms with Gasteiger partial charge in [-0.3, -0.25) is 9.59 Å². The Kier molecular flexibility index (Phi) is 3.18. The molecule has 3 rings (SSSR count). The molecule has 0 saturated heterocycles. The van der Waals surface area contributed by atoms with E-state index in [2.05, 4.69) is 10.3 Å². The lowest BCUT2D eigenvalue weighted by molar-refractivity contribution is -0.140. The molecule has 1 heterocycles. The number of carbonyl (C=O) groups is 2. The summed E-state index contributed by atoms with van der Waals surface area (Å²) in [6.07, 6.45) is 0. The average Bonchev–Trinajstić information content (AvgIpc) is 2.78. The van der Waals surface area contributed by atoms with E-state index in [-0.39, 0.29) is 5.91 Å². The number of benzene rings is 1. The van der Waals surface area contributed by atoms with Crippen LogP contribution in [0.25, 0.3) is 10.2 Å². The molecule has 5 nitrogen and oxygen atoms in total. The number of amides is 1. The summed E-state index contributed by atoms with van der Waals surface area (Å²) in [7, 11) is 0. The number of halogens is 1. The highest BCUT2D eigenvalue weighted by molar-refractivity contribution is 7.16. The van der Waals surface area contributed by atoms with E-state index >= 15 is 0 Å². The number of hydrogen-bond acceptors (Lipinski definition) is 4. The quantitative estimate of drug-likeness (QED) is 0.908. The minimum atomic E-state index is -0.946. The average molecular weight is 325 g/mol. The fourth-order valence-electron chi connectivity index (χ4n) is 2.81. The van der Waals surface area contributed by atoms with Gasteiger partial charge in [-0.15, -0.1) is 11.3 Å². The highest BCUT2D eigenvalue weighted by atomic mass is 35.5. The van der Waals surface area contributed by atoms with Gasteiger partial charge in [0.25, 0.3) is 0 Å². The molecule has 0 aliphatic heterocycles. The first-order valence-electron chi connectivity index (χ1n) is 6.39. The van der Waals surface area contributed by atoms with Crippen molar-refractivity contribution in [2.45, 2.75) is 13.8 Å². The molecule has 7 heteroatoms. The van der Waals surface area contributed by atoms with E-state index in [1.165, 1.54) is 11.3 Å². The molecular weight excluding hydrogens is 312 g/mol. The number of nitrogens with one attached hydrogen (secondary N) is 1. The Morgan fingerprint density at radius 1 is 1.38 bits per heavy atom. The van der Waals surface area contributed by atoms with Crippen LogP contribution in [0.15, 0.2) is 17.6 Å². The fraction of sp³-hybridized carbons (Fsp3) is 0.357. The van der Waals surface area contributed by atoms with Gasteiger partial charge in [-0.1, -0.05) is 25.4 Å². The number of aliphatic carboxylic acids is 1. The highest BCUT2D eigenvalue weighted by Crippen LogP contribution is 2.58. The molecule has 0 spiro atoms. The van der Waals surface area contributed by atoms with Gasteiger partial charge in [0, 0.05) is 0 Å². The summed E-state index contributed by atoms with van der Waals surface area (Å²) in [6.45, 7) is 3.56. The van der Waals surface area contributed by atoms with Crippen molar-refractivity contribution in [3.63, 3.8) is 0 Å². The Morgan fingerprint density at radius 3 is 2.71 bits per heavy atom. The van der Waals surface area contributed by atoms with Gasteiger partial charge < -0.3 is 10.4 Å². The van der Waals surface area contributed by atoms with Crippen LogP contribution in [0.2, 0.25) is 5.02 Å². The van der Waals surface area contributed by atoms with E-state index in [9.17, 15) is 9.59 Å². The van der Waals surface area contributed by atoms with E-state index in [4.69, 9.17) is 16.7 Å². The Labute approximate surface area is 129 Å². The van der Waals surface area contributed by atoms with Gasteiger partial charge in [0.15, 0.2) is 0 Å². The van der Waals surface area contributed by atoms with Crippen molar-refractivity contribution in [3.8, 4) is 0 Å². The summed E-state index contributed by atoms with van der Waals surface area (Å²) in [6, 6.07) is 3.54. The Morgan fingerprint density at radius 2 is 2.10 bits per heavy atom. The molecule has 1 amide bonds. The number of carboxylic acid groups (broad SMARTS) is 1. The van der Waals surface area contributed by atoms with Crippen molar-refractivity contribution in [3.05, 3.63) is 22.7 Å². The molecule has 2 aromatic rings. The van der Waals surface area contributed by atoms with Gasteiger partial charge in [-0.05, 0) is 17.5 Å². The SMILES string of the molecule is CC1(C)[C@H](C(=O)O)[C@@H]1C(=O)Nc1c(Cl)ccc2scnc12. The monoisotopic (exact) mass is 324 g/mol. The number of aromatic nitrogens is 1. The van der Waals surface area contributed by atoms with Crippen LogP contribution in [0.1, 0.15) is 13.8 Å². The third kappa shape index (κ3) is 2.18. The summed E-state index contributed by atoms with van der Waals surface area (Å²) in [5.41, 5.74) is 2.22. The summed E-state index contributed by atoms with van der Waals surface area (Å²) >= 11 is 7.58. The van der Waals surface area contributed by atoms with Crippen LogP contribution in [0, 0.1) is 17.3 Å². The number of nitrogens with zero attached hydrogens (tertiary/aromatic N) is 1. The molecule has 21 heavy (non-hydrogen) atoms. The number of hydrogen-bond donors (Lipinski definition) is 2. The van der Waals surface area contributed by atoms with Gasteiger partial charge in [-0.25, -0.2) is 4.98 Å². The van der Waals surface area contributed by atoms with Crippen LogP contribution in [0.3, 0.4) is 0 Å². The second kappa shape index (κ2) is 4.68. The molecule has 1 fully saturated rings. The lowest BCUT2D eigenvalue weighted by Crippen LogP contribution is -2.18. The summed E-state index contributed by atoms with van der Waals surface area (Å²) in [5.74, 6) is -2.49. The largest absolute Gasteiger partial charge is 0.481 e. The first-order chi connectivity index (χ1) is 9.84. The Bertz CT molecular complexity index is 756. The zero-order chi connectivity index (χ0) is 15.4. The third-order valence-electron chi connectivity index (χ3n) is 4.08. The molecule has 110 valence electrons. The lowest BCUT2D eigenvalue weighted by Gasteiger charge is -2.08. The van der Waals surface area contributed by atoms with Crippen LogP contribution in [0.4, 0.5) is 5.69 Å². The standard InChI is InChI=1S/C14H13ClN2O3S/c1-14(2)8(9(14)13(19)20)12(18)17-10-6(15)3-4-7-11(10)16-5-21-7/h3-5,8-9H,1-2H3,(H,17,18)(H,19,20)/t8-,9+/m1/s1. The lowest BCUT2D eigenvalue weighted by atomic mass is 10.1. The molecule has 1 aromatic heterocycles. The normalized spacial score (nSPS) is 23.0. The smallest absolute Gasteiger partial charge is 0.307 e. The molecule has 1 aromatic carbocycles.